The molecule has 0 saturated carbocycles. The van der Waals surface area contributed by atoms with Crippen LogP contribution < -0.4 is 0 Å². The van der Waals surface area contributed by atoms with Gasteiger partial charge in [0.15, 0.2) is 12.3 Å². The second-order valence-electron chi connectivity index (χ2n) is 5.31. The van der Waals surface area contributed by atoms with Crippen LogP contribution in [0.2, 0.25) is 0 Å². The van der Waals surface area contributed by atoms with Crippen molar-refractivity contribution in [1.82, 2.24) is 0 Å². The molecule has 1 aromatic rings. The topological polar surface area (TPSA) is 98.7 Å². The molecule has 0 spiro atoms. The minimum atomic E-state index is 0.253. The quantitative estimate of drug-likeness (QED) is 0.516. The van der Waals surface area contributed by atoms with E-state index in [0.717, 1.165) is 11.1 Å². The molecule has 0 aliphatic carbocycles. The van der Waals surface area contributed by atoms with Gasteiger partial charge in [-0.1, -0.05) is 34.6 Å². The summed E-state index contributed by atoms with van der Waals surface area (Å²) in [5.74, 6) is 0.253. The lowest BCUT2D eigenvalue weighted by molar-refractivity contribution is 0.0672. The molecule has 1 heterocycles. The van der Waals surface area contributed by atoms with Crippen LogP contribution in [0.15, 0.2) is 49.9 Å². The Labute approximate surface area is 158 Å². The lowest BCUT2D eigenvalue weighted by atomic mass is 10.0. The maximum absolute atomic E-state index is 5.53. The van der Waals surface area contributed by atoms with Crippen molar-refractivity contribution in [3.63, 3.8) is 0 Å². The highest BCUT2D eigenvalue weighted by Crippen LogP contribution is 2.12. The van der Waals surface area contributed by atoms with E-state index in [1.165, 1.54) is 7.11 Å². The zero-order valence-corrected chi connectivity index (χ0v) is 15.9. The van der Waals surface area contributed by atoms with Crippen LogP contribution in [0.3, 0.4) is 0 Å². The molecule has 0 bridgehead atoms. The maximum Gasteiger partial charge on any atom is 0.280 e. The molecule has 1 aromatic carbocycles. The van der Waals surface area contributed by atoms with Crippen LogP contribution in [0.1, 0.15) is 31.9 Å². The van der Waals surface area contributed by atoms with Crippen molar-refractivity contribution in [3.8, 4) is 0 Å². The monoisotopic (exact) mass is 373 g/mol. The largest absolute Gasteiger partial charge is 0.470 e. The van der Waals surface area contributed by atoms with Gasteiger partial charge in [-0.05, 0) is 25.9 Å². The van der Waals surface area contributed by atoms with Crippen molar-refractivity contribution in [2.45, 2.75) is 20.8 Å². The number of benzene rings is 1. The highest BCUT2D eigenvalue weighted by Gasteiger charge is 2.20. The van der Waals surface area contributed by atoms with E-state index in [2.05, 4.69) is 25.7 Å². The minimum Gasteiger partial charge on any atom is -0.470 e. The fraction of sp³-hybridized carbons (Fsp3) is 0.389. The lowest BCUT2D eigenvalue weighted by Gasteiger charge is -2.15. The molecule has 0 amide bonds. The standard InChI is InChI=1S/C18H23N5O4/c1-5-26-21-14(3)13(2)20-19-12-15-8-6-7-9-16(15)17(22-24-4)18-23-27-11-10-25-18/h6-9,12H,5,10-11H2,1-4H3. The van der Waals surface area contributed by atoms with E-state index in [9.17, 15) is 0 Å². The summed E-state index contributed by atoms with van der Waals surface area (Å²) >= 11 is 0. The number of hydrogen-bond donors (Lipinski definition) is 0. The Morgan fingerprint density at radius 3 is 2.70 bits per heavy atom. The summed E-state index contributed by atoms with van der Waals surface area (Å²) in [6.45, 7) is 6.76. The molecule has 0 N–H and O–H groups in total. The van der Waals surface area contributed by atoms with Crippen molar-refractivity contribution in [3.05, 3.63) is 35.4 Å². The highest BCUT2D eigenvalue weighted by atomic mass is 16.7. The van der Waals surface area contributed by atoms with Crippen molar-refractivity contribution < 1.29 is 19.2 Å². The van der Waals surface area contributed by atoms with Crippen molar-refractivity contribution in [2.75, 3.05) is 26.9 Å². The van der Waals surface area contributed by atoms with Gasteiger partial charge in [0.25, 0.3) is 5.90 Å². The van der Waals surface area contributed by atoms with E-state index >= 15 is 0 Å². The Morgan fingerprint density at radius 1 is 1.19 bits per heavy atom. The summed E-state index contributed by atoms with van der Waals surface area (Å²) in [5.41, 5.74) is 3.21. The Hall–Kier alpha value is -3.23. The number of nitrogens with zero attached hydrogens (tertiary/aromatic N) is 5. The predicted molar refractivity (Wildman–Crippen MR) is 105 cm³/mol. The zero-order valence-electron chi connectivity index (χ0n) is 15.9. The molecule has 2 rings (SSSR count). The van der Waals surface area contributed by atoms with Crippen LogP contribution in [-0.2, 0) is 19.2 Å². The van der Waals surface area contributed by atoms with E-state index in [0.29, 0.717) is 37.0 Å². The molecule has 1 aliphatic heterocycles. The predicted octanol–water partition coefficient (Wildman–Crippen LogP) is 2.60. The van der Waals surface area contributed by atoms with E-state index < -0.39 is 0 Å². The second kappa shape index (κ2) is 10.7. The van der Waals surface area contributed by atoms with Crippen molar-refractivity contribution in [1.29, 1.82) is 0 Å². The van der Waals surface area contributed by atoms with Gasteiger partial charge in [0, 0.05) is 11.1 Å². The van der Waals surface area contributed by atoms with Crippen LogP contribution in [0.25, 0.3) is 0 Å². The summed E-state index contributed by atoms with van der Waals surface area (Å²) in [7, 11) is 1.45. The lowest BCUT2D eigenvalue weighted by Crippen LogP contribution is -2.26. The SMILES string of the molecule is CCON=C(C)C(C)=NN=Cc1ccccc1C(=NOC)C1=NOCCO1. The first-order chi connectivity index (χ1) is 13.2. The summed E-state index contributed by atoms with van der Waals surface area (Å²) < 4.78 is 5.53. The van der Waals surface area contributed by atoms with E-state index in [4.69, 9.17) is 19.2 Å². The molecular weight excluding hydrogens is 350 g/mol. The summed E-state index contributed by atoms with van der Waals surface area (Å²) in [4.78, 5) is 15.0. The summed E-state index contributed by atoms with van der Waals surface area (Å²) in [6.07, 6.45) is 1.61. The average Bonchev–Trinajstić information content (AvgIpc) is 2.71. The van der Waals surface area contributed by atoms with E-state index in [-0.39, 0.29) is 5.90 Å². The number of rotatable bonds is 8. The molecule has 0 radical (unpaired) electrons. The fourth-order valence-corrected chi connectivity index (χ4v) is 2.02. The first-order valence-electron chi connectivity index (χ1n) is 8.45. The molecule has 0 fully saturated rings. The Balaban J connectivity index is 2.29. The minimum absolute atomic E-state index is 0.253. The van der Waals surface area contributed by atoms with Gasteiger partial charge >= 0.3 is 0 Å². The van der Waals surface area contributed by atoms with Crippen LogP contribution in [0.4, 0.5) is 0 Å². The van der Waals surface area contributed by atoms with Gasteiger partial charge in [-0.2, -0.15) is 10.2 Å². The third-order valence-corrected chi connectivity index (χ3v) is 3.42. The van der Waals surface area contributed by atoms with Crippen molar-refractivity contribution in [2.24, 2.45) is 25.7 Å². The van der Waals surface area contributed by atoms with Gasteiger partial charge in [-0.15, -0.1) is 0 Å². The number of hydrogen-bond acceptors (Lipinski definition) is 9. The average molecular weight is 373 g/mol. The van der Waals surface area contributed by atoms with Crippen LogP contribution in [-0.4, -0.2) is 56.2 Å². The number of oxime groups is 3. The molecule has 144 valence electrons. The third-order valence-electron chi connectivity index (χ3n) is 3.42. The van der Waals surface area contributed by atoms with E-state index in [1.54, 1.807) is 20.1 Å². The molecule has 9 nitrogen and oxygen atoms in total. The molecule has 0 saturated heterocycles. The summed E-state index contributed by atoms with van der Waals surface area (Å²) in [6, 6.07) is 7.49. The first-order valence-corrected chi connectivity index (χ1v) is 8.45. The molecule has 9 heteroatoms. The molecular formula is C18H23N5O4. The molecule has 27 heavy (non-hydrogen) atoms. The summed E-state index contributed by atoms with van der Waals surface area (Å²) in [5, 5.41) is 20.2. The second-order valence-corrected chi connectivity index (χ2v) is 5.31. The Bertz CT molecular complexity index is 784. The van der Waals surface area contributed by atoms with Gasteiger partial charge in [-0.25, -0.2) is 0 Å². The Kier molecular flexibility index (Phi) is 7.95. The van der Waals surface area contributed by atoms with Crippen LogP contribution >= 0.6 is 0 Å². The zero-order chi connectivity index (χ0) is 19.5. The third kappa shape index (κ3) is 5.91. The van der Waals surface area contributed by atoms with Crippen LogP contribution in [0.5, 0.6) is 0 Å². The molecule has 1 aliphatic rings. The van der Waals surface area contributed by atoms with Crippen molar-refractivity contribution >= 4 is 29.2 Å². The van der Waals surface area contributed by atoms with Gasteiger partial charge in [0.05, 0.1) is 17.6 Å². The normalized spacial score (nSPS) is 15.9. The highest BCUT2D eigenvalue weighted by molar-refractivity contribution is 6.46. The van der Waals surface area contributed by atoms with Crippen LogP contribution in [0, 0.1) is 0 Å². The fourth-order valence-electron chi connectivity index (χ4n) is 2.02. The molecule has 0 aromatic heterocycles. The van der Waals surface area contributed by atoms with Gasteiger partial charge in [0.2, 0.25) is 0 Å². The Morgan fingerprint density at radius 2 is 2.00 bits per heavy atom. The van der Waals surface area contributed by atoms with E-state index in [1.807, 2.05) is 31.2 Å². The molecule has 0 atom stereocenters. The van der Waals surface area contributed by atoms with Gasteiger partial charge < -0.3 is 19.2 Å². The first kappa shape index (κ1) is 20.1. The molecule has 0 unspecified atom stereocenters. The number of ether oxygens (including phenoxy) is 1. The smallest absolute Gasteiger partial charge is 0.280 e. The van der Waals surface area contributed by atoms with Gasteiger partial charge in [-0.3, -0.25) is 0 Å². The van der Waals surface area contributed by atoms with Gasteiger partial charge in [0.1, 0.15) is 20.3 Å². The maximum atomic E-state index is 5.53.